The van der Waals surface area contributed by atoms with Crippen LogP contribution < -0.4 is 5.73 Å². The molecule has 0 fully saturated rings. The Morgan fingerprint density at radius 1 is 1.56 bits per heavy atom. The number of hydrogen-bond acceptors (Lipinski definition) is 2. The van der Waals surface area contributed by atoms with E-state index in [4.69, 9.17) is 5.73 Å². The van der Waals surface area contributed by atoms with Crippen LogP contribution in [-0.2, 0) is 6.42 Å². The molecular formula is C14H21NO. The van der Waals surface area contributed by atoms with Crippen molar-refractivity contribution in [3.05, 3.63) is 28.3 Å². The molecule has 0 amide bonds. The highest BCUT2D eigenvalue weighted by Gasteiger charge is 2.27. The maximum absolute atomic E-state index is 10.3. The van der Waals surface area contributed by atoms with Gasteiger partial charge in [0.25, 0.3) is 0 Å². The fraction of sp³-hybridized carbons (Fsp3) is 0.571. The second kappa shape index (κ2) is 4.10. The minimum atomic E-state index is 0.0257. The molecule has 0 heterocycles. The summed E-state index contributed by atoms with van der Waals surface area (Å²) < 4.78 is 0. The molecule has 0 unspecified atom stereocenters. The second-order valence-electron chi connectivity index (χ2n) is 4.98. The Morgan fingerprint density at radius 2 is 2.25 bits per heavy atom. The average molecular weight is 219 g/mol. The summed E-state index contributed by atoms with van der Waals surface area (Å²) in [6.07, 6.45) is 3.02. The lowest BCUT2D eigenvalue weighted by Gasteiger charge is -2.18. The lowest BCUT2D eigenvalue weighted by Crippen LogP contribution is -2.07. The van der Waals surface area contributed by atoms with Gasteiger partial charge in [-0.05, 0) is 48.8 Å². The van der Waals surface area contributed by atoms with Gasteiger partial charge in [-0.15, -0.1) is 0 Å². The van der Waals surface area contributed by atoms with Crippen LogP contribution in [0.1, 0.15) is 60.9 Å². The van der Waals surface area contributed by atoms with Gasteiger partial charge in [-0.2, -0.15) is 0 Å². The molecule has 1 aliphatic carbocycles. The van der Waals surface area contributed by atoms with Crippen LogP contribution in [0, 0.1) is 6.92 Å². The summed E-state index contributed by atoms with van der Waals surface area (Å²) in [7, 11) is 0. The Labute approximate surface area is 97.5 Å². The minimum absolute atomic E-state index is 0.0257. The predicted molar refractivity (Wildman–Crippen MR) is 66.8 cm³/mol. The molecule has 0 bridgehead atoms. The summed E-state index contributed by atoms with van der Waals surface area (Å²) in [6.45, 7) is 6.43. The number of rotatable bonds is 2. The number of phenolic OH excluding ortho intramolecular Hbond substituents is 1. The number of hydrogen-bond donors (Lipinski definition) is 2. The zero-order chi connectivity index (χ0) is 11.9. The first kappa shape index (κ1) is 11.5. The summed E-state index contributed by atoms with van der Waals surface area (Å²) in [5.74, 6) is 0.858. The van der Waals surface area contributed by atoms with E-state index in [1.807, 2.05) is 0 Å². The maximum Gasteiger partial charge on any atom is 0.124 e. The van der Waals surface area contributed by atoms with E-state index in [1.54, 1.807) is 0 Å². The molecule has 1 aromatic rings. The zero-order valence-electron chi connectivity index (χ0n) is 10.4. The van der Waals surface area contributed by atoms with E-state index in [-0.39, 0.29) is 6.04 Å². The normalized spacial score (nSPS) is 20.9. The van der Waals surface area contributed by atoms with Gasteiger partial charge in [-0.1, -0.05) is 19.9 Å². The number of aromatic hydroxyl groups is 1. The molecule has 2 nitrogen and oxygen atoms in total. The van der Waals surface area contributed by atoms with Crippen LogP contribution >= 0.6 is 0 Å². The molecule has 0 spiro atoms. The van der Waals surface area contributed by atoms with Gasteiger partial charge in [0.1, 0.15) is 5.75 Å². The largest absolute Gasteiger partial charge is 0.507 e. The molecule has 0 saturated carbocycles. The third-order valence-corrected chi connectivity index (χ3v) is 3.92. The van der Waals surface area contributed by atoms with Gasteiger partial charge in [-0.25, -0.2) is 0 Å². The third-order valence-electron chi connectivity index (χ3n) is 3.92. The van der Waals surface area contributed by atoms with Gasteiger partial charge < -0.3 is 10.8 Å². The molecule has 3 N–H and O–H groups in total. The number of phenols is 1. The molecule has 1 aliphatic rings. The van der Waals surface area contributed by atoms with Crippen molar-refractivity contribution >= 4 is 0 Å². The fourth-order valence-electron chi connectivity index (χ4n) is 2.67. The van der Waals surface area contributed by atoms with Crippen molar-refractivity contribution in [3.63, 3.8) is 0 Å². The summed E-state index contributed by atoms with van der Waals surface area (Å²) in [6, 6.07) is 2.16. The first-order chi connectivity index (χ1) is 7.56. The number of aryl methyl sites for hydroxylation is 1. The van der Waals surface area contributed by atoms with Crippen LogP contribution in [0.2, 0.25) is 0 Å². The van der Waals surface area contributed by atoms with Gasteiger partial charge in [-0.3, -0.25) is 0 Å². The van der Waals surface area contributed by atoms with Crippen molar-refractivity contribution in [1.82, 2.24) is 0 Å². The van der Waals surface area contributed by atoms with E-state index >= 15 is 0 Å². The molecular weight excluding hydrogens is 198 g/mol. The minimum Gasteiger partial charge on any atom is -0.507 e. The molecule has 1 aromatic carbocycles. The zero-order valence-corrected chi connectivity index (χ0v) is 10.4. The van der Waals surface area contributed by atoms with Crippen molar-refractivity contribution in [1.29, 1.82) is 0 Å². The summed E-state index contributed by atoms with van der Waals surface area (Å²) in [5.41, 5.74) is 10.7. The number of nitrogens with two attached hydrogens (primary N) is 1. The van der Waals surface area contributed by atoms with Crippen molar-refractivity contribution in [2.45, 2.75) is 52.0 Å². The van der Waals surface area contributed by atoms with E-state index in [0.717, 1.165) is 30.4 Å². The Hall–Kier alpha value is -1.02. The Bertz CT molecular complexity index is 412. The van der Waals surface area contributed by atoms with Crippen LogP contribution in [-0.4, -0.2) is 5.11 Å². The quantitative estimate of drug-likeness (QED) is 0.802. The standard InChI is InChI=1S/C14H21NO/c1-4-8(2)11-7-9(3)10-5-6-12(15)13(10)14(11)16/h7-8,12,16H,4-6,15H2,1-3H3/t8-,12-/m0/s1. The molecule has 2 atom stereocenters. The second-order valence-corrected chi connectivity index (χ2v) is 4.98. The lowest BCUT2D eigenvalue weighted by molar-refractivity contribution is 0.450. The van der Waals surface area contributed by atoms with E-state index in [9.17, 15) is 5.11 Å². The maximum atomic E-state index is 10.3. The SMILES string of the molecule is CC[C@H](C)c1cc(C)c2c(c1O)[C@@H](N)CC2. The third kappa shape index (κ3) is 1.61. The predicted octanol–water partition coefficient (Wildman–Crippen LogP) is 3.16. The molecule has 2 heteroatoms. The summed E-state index contributed by atoms with van der Waals surface area (Å²) >= 11 is 0. The van der Waals surface area contributed by atoms with Gasteiger partial charge in [0.2, 0.25) is 0 Å². The Kier molecular flexibility index (Phi) is 2.94. The molecule has 0 saturated heterocycles. The van der Waals surface area contributed by atoms with Crippen molar-refractivity contribution in [2.75, 3.05) is 0 Å². The van der Waals surface area contributed by atoms with Crippen LogP contribution in [0.3, 0.4) is 0 Å². The molecule has 2 rings (SSSR count). The molecule has 0 radical (unpaired) electrons. The van der Waals surface area contributed by atoms with Gasteiger partial charge >= 0.3 is 0 Å². The summed E-state index contributed by atoms with van der Waals surface area (Å²) in [5, 5.41) is 10.3. The highest BCUT2D eigenvalue weighted by molar-refractivity contribution is 5.54. The van der Waals surface area contributed by atoms with Crippen LogP contribution in [0.5, 0.6) is 5.75 Å². The van der Waals surface area contributed by atoms with Gasteiger partial charge in [0.15, 0.2) is 0 Å². The Morgan fingerprint density at radius 3 is 2.88 bits per heavy atom. The fourth-order valence-corrected chi connectivity index (χ4v) is 2.67. The van der Waals surface area contributed by atoms with Crippen molar-refractivity contribution < 1.29 is 5.11 Å². The van der Waals surface area contributed by atoms with E-state index in [2.05, 4.69) is 26.8 Å². The topological polar surface area (TPSA) is 46.2 Å². The van der Waals surface area contributed by atoms with E-state index in [0.29, 0.717) is 11.7 Å². The number of fused-ring (bicyclic) bond motifs is 1. The smallest absolute Gasteiger partial charge is 0.124 e. The van der Waals surface area contributed by atoms with Crippen molar-refractivity contribution in [3.8, 4) is 5.75 Å². The number of benzene rings is 1. The highest BCUT2D eigenvalue weighted by atomic mass is 16.3. The van der Waals surface area contributed by atoms with Crippen LogP contribution in [0.15, 0.2) is 6.07 Å². The van der Waals surface area contributed by atoms with Crippen LogP contribution in [0.25, 0.3) is 0 Å². The van der Waals surface area contributed by atoms with Crippen molar-refractivity contribution in [2.24, 2.45) is 5.73 Å². The molecule has 0 aliphatic heterocycles. The molecule has 0 aromatic heterocycles. The van der Waals surface area contributed by atoms with E-state index < -0.39 is 0 Å². The monoisotopic (exact) mass is 219 g/mol. The first-order valence-corrected chi connectivity index (χ1v) is 6.17. The Balaban J connectivity index is 2.59. The van der Waals surface area contributed by atoms with Gasteiger partial charge in [0.05, 0.1) is 0 Å². The van der Waals surface area contributed by atoms with E-state index in [1.165, 1.54) is 11.1 Å². The first-order valence-electron chi connectivity index (χ1n) is 6.17. The lowest BCUT2D eigenvalue weighted by atomic mass is 9.90. The average Bonchev–Trinajstić information content (AvgIpc) is 2.65. The highest BCUT2D eigenvalue weighted by Crippen LogP contribution is 2.42. The van der Waals surface area contributed by atoms with Crippen LogP contribution in [0.4, 0.5) is 0 Å². The molecule has 16 heavy (non-hydrogen) atoms. The van der Waals surface area contributed by atoms with Gasteiger partial charge in [0, 0.05) is 11.6 Å². The molecule has 88 valence electrons. The summed E-state index contributed by atoms with van der Waals surface area (Å²) in [4.78, 5) is 0.